The number of nitrogens with zero attached hydrogens (tertiary/aromatic N) is 1. The number of non-ortho nitro benzene ring substituents is 1. The molecule has 2 aromatic carbocycles. The predicted molar refractivity (Wildman–Crippen MR) is 101 cm³/mol. The van der Waals surface area contributed by atoms with E-state index in [2.05, 4.69) is 24.5 Å². The summed E-state index contributed by atoms with van der Waals surface area (Å²) in [6, 6.07) is 13.2. The maximum Gasteiger partial charge on any atom is 0.269 e. The van der Waals surface area contributed by atoms with Crippen molar-refractivity contribution in [2.45, 2.75) is 13.8 Å². The molecule has 26 heavy (non-hydrogen) atoms. The van der Waals surface area contributed by atoms with Crippen LogP contribution in [0.4, 0.5) is 11.4 Å². The number of nitrogens with one attached hydrogen (secondary N) is 2. The second kappa shape index (κ2) is 9.41. The second-order valence-electron chi connectivity index (χ2n) is 6.22. The molecular formula is C19H23N3O4. The van der Waals surface area contributed by atoms with Gasteiger partial charge in [-0.2, -0.15) is 0 Å². The number of nitro benzene ring substituents is 1. The van der Waals surface area contributed by atoms with Gasteiger partial charge in [0.15, 0.2) is 0 Å². The molecule has 138 valence electrons. The normalized spacial score (nSPS) is 10.4. The summed E-state index contributed by atoms with van der Waals surface area (Å²) in [5, 5.41) is 16.5. The molecule has 0 radical (unpaired) electrons. The van der Waals surface area contributed by atoms with Crippen LogP contribution in [0, 0.1) is 16.0 Å². The van der Waals surface area contributed by atoms with Gasteiger partial charge in [0.1, 0.15) is 5.75 Å². The number of hydrogen-bond donors (Lipinski definition) is 2. The second-order valence-corrected chi connectivity index (χ2v) is 6.22. The van der Waals surface area contributed by atoms with Gasteiger partial charge in [0.05, 0.1) is 11.5 Å². The van der Waals surface area contributed by atoms with Gasteiger partial charge in [-0.1, -0.05) is 19.9 Å². The maximum absolute atomic E-state index is 12.2. The van der Waals surface area contributed by atoms with Crippen molar-refractivity contribution in [2.24, 2.45) is 5.92 Å². The van der Waals surface area contributed by atoms with Crippen LogP contribution in [0.25, 0.3) is 0 Å². The van der Waals surface area contributed by atoms with Gasteiger partial charge in [-0.3, -0.25) is 14.9 Å². The highest BCUT2D eigenvalue weighted by Gasteiger charge is 2.07. The van der Waals surface area contributed by atoms with Crippen LogP contribution in [0.3, 0.4) is 0 Å². The molecule has 0 saturated heterocycles. The number of rotatable bonds is 9. The molecule has 0 aromatic heterocycles. The Bertz CT molecular complexity index is 745. The minimum atomic E-state index is -0.441. The van der Waals surface area contributed by atoms with E-state index in [-0.39, 0.29) is 11.6 Å². The van der Waals surface area contributed by atoms with Gasteiger partial charge in [-0.25, -0.2) is 0 Å². The van der Waals surface area contributed by atoms with Crippen molar-refractivity contribution in [1.82, 2.24) is 5.32 Å². The first kappa shape index (κ1) is 19.2. The molecule has 0 heterocycles. The lowest BCUT2D eigenvalue weighted by atomic mass is 10.2. The van der Waals surface area contributed by atoms with Gasteiger partial charge >= 0.3 is 0 Å². The van der Waals surface area contributed by atoms with E-state index >= 15 is 0 Å². The molecule has 0 spiro atoms. The molecule has 2 N–H and O–H groups in total. The SMILES string of the molecule is CC(C)COc1cccc(C(=O)NCCNc2ccc([N+](=O)[O-])cc2)c1. The van der Waals surface area contributed by atoms with E-state index in [9.17, 15) is 14.9 Å². The molecule has 0 aliphatic heterocycles. The van der Waals surface area contributed by atoms with Crippen molar-refractivity contribution in [2.75, 3.05) is 25.0 Å². The largest absolute Gasteiger partial charge is 0.493 e. The molecule has 7 nitrogen and oxygen atoms in total. The van der Waals surface area contributed by atoms with E-state index in [1.54, 1.807) is 30.3 Å². The van der Waals surface area contributed by atoms with E-state index in [4.69, 9.17) is 4.74 Å². The summed E-state index contributed by atoms with van der Waals surface area (Å²) in [7, 11) is 0. The molecule has 0 aliphatic carbocycles. The molecule has 7 heteroatoms. The minimum absolute atomic E-state index is 0.0448. The van der Waals surface area contributed by atoms with Crippen molar-refractivity contribution < 1.29 is 14.5 Å². The van der Waals surface area contributed by atoms with Crippen molar-refractivity contribution in [1.29, 1.82) is 0 Å². The highest BCUT2D eigenvalue weighted by atomic mass is 16.6. The number of nitro groups is 1. The fraction of sp³-hybridized carbons (Fsp3) is 0.316. The summed E-state index contributed by atoms with van der Waals surface area (Å²) in [6.07, 6.45) is 0. The van der Waals surface area contributed by atoms with E-state index < -0.39 is 4.92 Å². The lowest BCUT2D eigenvalue weighted by Crippen LogP contribution is -2.28. The Balaban J connectivity index is 1.78. The van der Waals surface area contributed by atoms with Crippen LogP contribution < -0.4 is 15.4 Å². The Kier molecular flexibility index (Phi) is 6.96. The zero-order valence-corrected chi connectivity index (χ0v) is 14.9. The first-order valence-corrected chi connectivity index (χ1v) is 8.45. The average molecular weight is 357 g/mol. The highest BCUT2D eigenvalue weighted by Crippen LogP contribution is 2.15. The number of hydrogen-bond acceptors (Lipinski definition) is 5. The number of amides is 1. The Labute approximate surface area is 152 Å². The monoisotopic (exact) mass is 357 g/mol. The van der Waals surface area contributed by atoms with Crippen LogP contribution in [0.5, 0.6) is 5.75 Å². The number of benzene rings is 2. The van der Waals surface area contributed by atoms with Crippen molar-refractivity contribution in [3.8, 4) is 5.75 Å². The minimum Gasteiger partial charge on any atom is -0.493 e. The first-order valence-electron chi connectivity index (χ1n) is 8.45. The molecule has 0 atom stereocenters. The molecule has 0 unspecified atom stereocenters. The Morgan fingerprint density at radius 1 is 1.15 bits per heavy atom. The quantitative estimate of drug-likeness (QED) is 0.407. The van der Waals surface area contributed by atoms with Crippen molar-refractivity contribution in [3.05, 3.63) is 64.2 Å². The smallest absolute Gasteiger partial charge is 0.269 e. The third-order valence-electron chi connectivity index (χ3n) is 3.50. The molecule has 0 bridgehead atoms. The summed E-state index contributed by atoms with van der Waals surface area (Å²) >= 11 is 0. The average Bonchev–Trinajstić information content (AvgIpc) is 2.64. The lowest BCUT2D eigenvalue weighted by Gasteiger charge is -2.11. The van der Waals surface area contributed by atoms with Crippen LogP contribution >= 0.6 is 0 Å². The van der Waals surface area contributed by atoms with E-state index in [0.29, 0.717) is 36.9 Å². The molecule has 0 aliphatic rings. The molecular weight excluding hydrogens is 334 g/mol. The van der Waals surface area contributed by atoms with Crippen molar-refractivity contribution in [3.63, 3.8) is 0 Å². The summed E-state index contributed by atoms with van der Waals surface area (Å²) in [6.45, 7) is 5.66. The van der Waals surface area contributed by atoms with Gasteiger partial charge in [0, 0.05) is 36.5 Å². The van der Waals surface area contributed by atoms with Crippen LogP contribution in [-0.4, -0.2) is 30.5 Å². The first-order chi connectivity index (χ1) is 12.5. The zero-order valence-electron chi connectivity index (χ0n) is 14.9. The number of ether oxygens (including phenoxy) is 1. The van der Waals surface area contributed by atoms with Gasteiger partial charge < -0.3 is 15.4 Å². The third-order valence-corrected chi connectivity index (χ3v) is 3.50. The fourth-order valence-corrected chi connectivity index (χ4v) is 2.18. The molecule has 1 amide bonds. The van der Waals surface area contributed by atoms with E-state index in [1.165, 1.54) is 12.1 Å². The van der Waals surface area contributed by atoms with Crippen LogP contribution in [0.1, 0.15) is 24.2 Å². The van der Waals surface area contributed by atoms with Gasteiger partial charge in [0.2, 0.25) is 0 Å². The predicted octanol–water partition coefficient (Wildman–Crippen LogP) is 3.47. The summed E-state index contributed by atoms with van der Waals surface area (Å²) in [5.74, 6) is 0.916. The Morgan fingerprint density at radius 2 is 1.88 bits per heavy atom. The lowest BCUT2D eigenvalue weighted by molar-refractivity contribution is -0.384. The summed E-state index contributed by atoms with van der Waals surface area (Å²) in [5.41, 5.74) is 1.35. The Morgan fingerprint density at radius 3 is 2.54 bits per heavy atom. The van der Waals surface area contributed by atoms with E-state index in [1.807, 2.05) is 6.07 Å². The molecule has 2 rings (SSSR count). The third kappa shape index (κ3) is 6.08. The number of anilines is 1. The van der Waals surface area contributed by atoms with Crippen LogP contribution in [-0.2, 0) is 0 Å². The zero-order chi connectivity index (χ0) is 18.9. The summed E-state index contributed by atoms with van der Waals surface area (Å²) in [4.78, 5) is 22.4. The van der Waals surface area contributed by atoms with Crippen molar-refractivity contribution >= 4 is 17.3 Å². The maximum atomic E-state index is 12.2. The summed E-state index contributed by atoms with van der Waals surface area (Å²) < 4.78 is 5.63. The number of carbonyl (C=O) groups excluding carboxylic acids is 1. The van der Waals surface area contributed by atoms with Gasteiger partial charge in [-0.05, 0) is 36.2 Å². The van der Waals surface area contributed by atoms with Crippen LogP contribution in [0.15, 0.2) is 48.5 Å². The molecule has 0 fully saturated rings. The Hall–Kier alpha value is -3.09. The van der Waals surface area contributed by atoms with Crippen LogP contribution in [0.2, 0.25) is 0 Å². The molecule has 2 aromatic rings. The fourth-order valence-electron chi connectivity index (χ4n) is 2.18. The number of carbonyl (C=O) groups is 1. The standard InChI is InChI=1S/C19H23N3O4/c1-14(2)13-26-18-5-3-4-15(12-18)19(23)21-11-10-20-16-6-8-17(9-7-16)22(24)25/h3-9,12,14,20H,10-11,13H2,1-2H3,(H,21,23). The van der Waals surface area contributed by atoms with Gasteiger partial charge in [0.25, 0.3) is 11.6 Å². The topological polar surface area (TPSA) is 93.5 Å². The molecule has 0 saturated carbocycles. The highest BCUT2D eigenvalue weighted by molar-refractivity contribution is 5.94. The van der Waals surface area contributed by atoms with Gasteiger partial charge in [-0.15, -0.1) is 0 Å². The van der Waals surface area contributed by atoms with E-state index in [0.717, 1.165) is 5.69 Å².